The normalized spacial score (nSPS) is 16.2. The number of carbonyl (C=O) groups is 2. The van der Waals surface area contributed by atoms with Crippen LogP contribution >= 0.6 is 0 Å². The maximum Gasteiger partial charge on any atom is 0.248 e. The quantitative estimate of drug-likeness (QED) is 0.523. The zero-order valence-electron chi connectivity index (χ0n) is 15.8. The summed E-state index contributed by atoms with van der Waals surface area (Å²) in [6, 6.07) is 7.13. The molecular weight excluding hydrogens is 330 g/mol. The first-order chi connectivity index (χ1) is 12.4. The van der Waals surface area contributed by atoms with Crippen molar-refractivity contribution in [2.75, 3.05) is 27.7 Å². The lowest BCUT2D eigenvalue weighted by atomic mass is 9.84. The molecule has 2 amide bonds. The van der Waals surface area contributed by atoms with Gasteiger partial charge in [-0.2, -0.15) is 0 Å². The lowest BCUT2D eigenvalue weighted by molar-refractivity contribution is -0.138. The molecule has 7 nitrogen and oxygen atoms in total. The Morgan fingerprint density at radius 3 is 2.27 bits per heavy atom. The number of aliphatic imine (C=N–C) groups is 1. The summed E-state index contributed by atoms with van der Waals surface area (Å²) < 4.78 is 0. The number of amides is 2. The van der Waals surface area contributed by atoms with E-state index in [0.29, 0.717) is 24.6 Å². The summed E-state index contributed by atoms with van der Waals surface area (Å²) in [5.41, 5.74) is 6.41. The van der Waals surface area contributed by atoms with Crippen molar-refractivity contribution in [1.82, 2.24) is 15.5 Å². The number of nitrogens with one attached hydrogen (secondary N) is 2. The molecular formula is C19H29N5O2. The molecule has 0 radical (unpaired) electrons. The highest BCUT2D eigenvalue weighted by Gasteiger charge is 2.42. The number of primary amides is 1. The van der Waals surface area contributed by atoms with Crippen molar-refractivity contribution >= 4 is 17.8 Å². The lowest BCUT2D eigenvalue weighted by Gasteiger charge is -2.31. The molecule has 0 aromatic heterocycles. The van der Waals surface area contributed by atoms with Gasteiger partial charge in [-0.05, 0) is 30.5 Å². The maximum absolute atomic E-state index is 12.6. The fourth-order valence-corrected chi connectivity index (χ4v) is 3.44. The van der Waals surface area contributed by atoms with Gasteiger partial charge in [0.2, 0.25) is 11.8 Å². The predicted octanol–water partition coefficient (Wildman–Crippen LogP) is 1.10. The Morgan fingerprint density at radius 2 is 1.77 bits per heavy atom. The van der Waals surface area contributed by atoms with Gasteiger partial charge < -0.3 is 21.3 Å². The molecule has 0 saturated heterocycles. The summed E-state index contributed by atoms with van der Waals surface area (Å²) in [7, 11) is 5.33. The van der Waals surface area contributed by atoms with Gasteiger partial charge in [-0.3, -0.25) is 14.6 Å². The van der Waals surface area contributed by atoms with Crippen molar-refractivity contribution in [3.63, 3.8) is 0 Å². The second-order valence-electron chi connectivity index (χ2n) is 7.03. The van der Waals surface area contributed by atoms with Crippen LogP contribution in [0.1, 0.15) is 41.6 Å². The Morgan fingerprint density at radius 1 is 1.15 bits per heavy atom. The van der Waals surface area contributed by atoms with Crippen LogP contribution in [0, 0.1) is 5.41 Å². The molecule has 0 aliphatic heterocycles. The topological polar surface area (TPSA) is 99.8 Å². The summed E-state index contributed by atoms with van der Waals surface area (Å²) >= 11 is 0. The SMILES string of the molecule is CN=C(NCc1ccc(C(N)=O)cc1)NCC1(C(=O)N(C)C)CCCC1. The van der Waals surface area contributed by atoms with Gasteiger partial charge >= 0.3 is 0 Å². The van der Waals surface area contributed by atoms with Crippen molar-refractivity contribution < 1.29 is 9.59 Å². The molecule has 1 fully saturated rings. The molecule has 0 bridgehead atoms. The minimum absolute atomic E-state index is 0.181. The van der Waals surface area contributed by atoms with Crippen LogP contribution in [0.2, 0.25) is 0 Å². The zero-order valence-corrected chi connectivity index (χ0v) is 15.8. The molecule has 4 N–H and O–H groups in total. The van der Waals surface area contributed by atoms with Crippen LogP contribution < -0.4 is 16.4 Å². The van der Waals surface area contributed by atoms with E-state index in [2.05, 4.69) is 15.6 Å². The van der Waals surface area contributed by atoms with Gasteiger partial charge in [0, 0.05) is 39.8 Å². The van der Waals surface area contributed by atoms with Crippen LogP contribution in [-0.4, -0.2) is 50.4 Å². The highest BCUT2D eigenvalue weighted by Crippen LogP contribution is 2.38. The molecule has 1 aromatic rings. The van der Waals surface area contributed by atoms with E-state index in [4.69, 9.17) is 5.73 Å². The number of hydrogen-bond acceptors (Lipinski definition) is 3. The van der Waals surface area contributed by atoms with E-state index in [1.54, 1.807) is 24.1 Å². The van der Waals surface area contributed by atoms with Crippen LogP contribution in [-0.2, 0) is 11.3 Å². The lowest BCUT2D eigenvalue weighted by Crippen LogP contribution is -2.49. The first kappa shape index (κ1) is 19.8. The number of carbonyl (C=O) groups excluding carboxylic acids is 2. The molecule has 26 heavy (non-hydrogen) atoms. The number of hydrogen-bond donors (Lipinski definition) is 3. The standard InChI is InChI=1S/C19H29N5O2/c1-21-18(22-12-14-6-8-15(9-7-14)16(20)25)23-13-19(10-4-5-11-19)17(26)24(2)3/h6-9H,4-5,10-13H2,1-3H3,(H2,20,25)(H2,21,22,23). The number of rotatable bonds is 6. The van der Waals surface area contributed by atoms with Crippen molar-refractivity contribution in [2.24, 2.45) is 16.1 Å². The second kappa shape index (κ2) is 8.69. The smallest absolute Gasteiger partial charge is 0.248 e. The van der Waals surface area contributed by atoms with Gasteiger partial charge in [0.05, 0.1) is 5.41 Å². The molecule has 1 aromatic carbocycles. The Kier molecular flexibility index (Phi) is 6.60. The largest absolute Gasteiger partial charge is 0.366 e. The predicted molar refractivity (Wildman–Crippen MR) is 103 cm³/mol. The Bertz CT molecular complexity index is 661. The van der Waals surface area contributed by atoms with E-state index in [0.717, 1.165) is 31.2 Å². The minimum Gasteiger partial charge on any atom is -0.366 e. The summed E-state index contributed by atoms with van der Waals surface area (Å²) in [4.78, 5) is 29.7. The molecule has 7 heteroatoms. The number of benzene rings is 1. The minimum atomic E-state index is -0.436. The first-order valence-corrected chi connectivity index (χ1v) is 8.93. The molecule has 0 atom stereocenters. The van der Waals surface area contributed by atoms with E-state index in [-0.39, 0.29) is 11.3 Å². The monoisotopic (exact) mass is 359 g/mol. The van der Waals surface area contributed by atoms with Crippen molar-refractivity contribution in [3.05, 3.63) is 35.4 Å². The fraction of sp³-hybridized carbons (Fsp3) is 0.526. The Hall–Kier alpha value is -2.57. The summed E-state index contributed by atoms with van der Waals surface area (Å²) in [6.07, 6.45) is 3.98. The number of nitrogens with zero attached hydrogens (tertiary/aromatic N) is 2. The summed E-state index contributed by atoms with van der Waals surface area (Å²) in [6.45, 7) is 1.14. The van der Waals surface area contributed by atoms with Crippen LogP contribution in [0.15, 0.2) is 29.3 Å². The number of nitrogens with two attached hydrogens (primary N) is 1. The fourth-order valence-electron chi connectivity index (χ4n) is 3.44. The van der Waals surface area contributed by atoms with E-state index >= 15 is 0 Å². The van der Waals surface area contributed by atoms with Crippen LogP contribution in [0.4, 0.5) is 0 Å². The summed E-state index contributed by atoms with van der Waals surface area (Å²) in [5.74, 6) is 0.399. The molecule has 1 saturated carbocycles. The first-order valence-electron chi connectivity index (χ1n) is 8.93. The molecule has 0 spiro atoms. The number of guanidine groups is 1. The third-order valence-electron chi connectivity index (χ3n) is 4.94. The molecule has 0 heterocycles. The second-order valence-corrected chi connectivity index (χ2v) is 7.03. The van der Waals surface area contributed by atoms with Gasteiger partial charge in [-0.25, -0.2) is 0 Å². The average molecular weight is 359 g/mol. The molecule has 142 valence electrons. The molecule has 0 unspecified atom stereocenters. The molecule has 2 rings (SSSR count). The van der Waals surface area contributed by atoms with E-state index in [9.17, 15) is 9.59 Å². The van der Waals surface area contributed by atoms with Gasteiger partial charge in [0.25, 0.3) is 0 Å². The van der Waals surface area contributed by atoms with Crippen molar-refractivity contribution in [3.8, 4) is 0 Å². The van der Waals surface area contributed by atoms with Crippen molar-refractivity contribution in [1.29, 1.82) is 0 Å². The Balaban J connectivity index is 1.92. The average Bonchev–Trinajstić information content (AvgIpc) is 3.11. The van der Waals surface area contributed by atoms with Crippen LogP contribution in [0.25, 0.3) is 0 Å². The third kappa shape index (κ3) is 4.74. The van der Waals surface area contributed by atoms with Gasteiger partial charge in [-0.1, -0.05) is 25.0 Å². The van der Waals surface area contributed by atoms with Crippen LogP contribution in [0.5, 0.6) is 0 Å². The zero-order chi connectivity index (χ0) is 19.2. The highest BCUT2D eigenvalue weighted by molar-refractivity contribution is 5.92. The van der Waals surface area contributed by atoms with Gasteiger partial charge in [0.1, 0.15) is 0 Å². The molecule has 1 aliphatic carbocycles. The van der Waals surface area contributed by atoms with E-state index < -0.39 is 5.91 Å². The third-order valence-corrected chi connectivity index (χ3v) is 4.94. The Labute approximate surface area is 155 Å². The molecule has 1 aliphatic rings. The van der Waals surface area contributed by atoms with Gasteiger partial charge in [0.15, 0.2) is 5.96 Å². The van der Waals surface area contributed by atoms with Crippen LogP contribution in [0.3, 0.4) is 0 Å². The van der Waals surface area contributed by atoms with E-state index in [1.807, 2.05) is 26.2 Å². The van der Waals surface area contributed by atoms with E-state index in [1.165, 1.54) is 0 Å². The van der Waals surface area contributed by atoms with Crippen molar-refractivity contribution in [2.45, 2.75) is 32.2 Å². The summed E-state index contributed by atoms with van der Waals surface area (Å²) in [5, 5.41) is 6.55. The van der Waals surface area contributed by atoms with Gasteiger partial charge in [-0.15, -0.1) is 0 Å². The highest BCUT2D eigenvalue weighted by atomic mass is 16.2. The maximum atomic E-state index is 12.6.